The van der Waals surface area contributed by atoms with E-state index >= 15 is 0 Å². The van der Waals surface area contributed by atoms with Gasteiger partial charge in [0.25, 0.3) is 0 Å². The van der Waals surface area contributed by atoms with Gasteiger partial charge in [-0.2, -0.15) is 11.8 Å². The van der Waals surface area contributed by atoms with E-state index in [9.17, 15) is 4.79 Å². The van der Waals surface area contributed by atoms with Gasteiger partial charge in [0.05, 0.1) is 6.54 Å². The highest BCUT2D eigenvalue weighted by molar-refractivity contribution is 7.99. The standard InChI is InChI=1S/C13H18N2OS2/c1-17-10-5-2-4-9(10)15-12(16)8-14-13(15)11-6-3-7-18-11/h3,6-7,9-10,13-14H,2,4-5,8H2,1H3. The third-order valence-corrected chi connectivity index (χ3v) is 5.98. The third-order valence-electron chi connectivity index (χ3n) is 3.90. The topological polar surface area (TPSA) is 32.3 Å². The Hall–Kier alpha value is -0.520. The minimum absolute atomic E-state index is 0.107. The van der Waals surface area contributed by atoms with Crippen LogP contribution in [0.5, 0.6) is 0 Å². The lowest BCUT2D eigenvalue weighted by atomic mass is 10.2. The molecule has 1 amide bonds. The van der Waals surface area contributed by atoms with Gasteiger partial charge in [-0.3, -0.25) is 10.1 Å². The molecule has 3 rings (SSSR count). The maximum atomic E-state index is 12.2. The van der Waals surface area contributed by atoms with E-state index in [1.807, 2.05) is 11.8 Å². The summed E-state index contributed by atoms with van der Waals surface area (Å²) in [7, 11) is 0. The van der Waals surface area contributed by atoms with Crippen molar-refractivity contribution in [2.45, 2.75) is 36.7 Å². The van der Waals surface area contributed by atoms with E-state index in [0.29, 0.717) is 17.8 Å². The summed E-state index contributed by atoms with van der Waals surface area (Å²) in [5.74, 6) is 0.263. The Labute approximate surface area is 116 Å². The number of nitrogens with one attached hydrogen (secondary N) is 1. The second-order valence-corrected chi connectivity index (χ2v) is 6.93. The van der Waals surface area contributed by atoms with Crippen molar-refractivity contribution in [1.82, 2.24) is 10.2 Å². The Balaban J connectivity index is 1.85. The number of carbonyl (C=O) groups excluding carboxylic acids is 1. The van der Waals surface area contributed by atoms with Crippen molar-refractivity contribution < 1.29 is 4.79 Å². The molecule has 18 heavy (non-hydrogen) atoms. The molecule has 1 N–H and O–H groups in total. The molecule has 0 spiro atoms. The van der Waals surface area contributed by atoms with Crippen molar-refractivity contribution in [3.63, 3.8) is 0 Å². The van der Waals surface area contributed by atoms with E-state index in [1.165, 1.54) is 17.7 Å². The molecule has 0 radical (unpaired) electrons. The maximum absolute atomic E-state index is 12.2. The van der Waals surface area contributed by atoms with Crippen LogP contribution in [-0.2, 0) is 4.79 Å². The van der Waals surface area contributed by atoms with Crippen LogP contribution >= 0.6 is 23.1 Å². The summed E-state index contributed by atoms with van der Waals surface area (Å²) in [6.45, 7) is 0.486. The minimum Gasteiger partial charge on any atom is -0.317 e. The molecule has 1 saturated carbocycles. The molecule has 3 nitrogen and oxygen atoms in total. The molecule has 3 unspecified atom stereocenters. The lowest BCUT2D eigenvalue weighted by Crippen LogP contribution is -2.42. The monoisotopic (exact) mass is 282 g/mol. The molecular weight excluding hydrogens is 264 g/mol. The normalized spacial score (nSPS) is 32.4. The van der Waals surface area contributed by atoms with Crippen LogP contribution in [0.4, 0.5) is 0 Å². The molecule has 2 aliphatic rings. The molecule has 3 atom stereocenters. The van der Waals surface area contributed by atoms with Crippen LogP contribution in [0.15, 0.2) is 17.5 Å². The summed E-state index contributed by atoms with van der Waals surface area (Å²) in [6, 6.07) is 4.59. The number of carbonyl (C=O) groups is 1. The van der Waals surface area contributed by atoms with Crippen molar-refractivity contribution in [1.29, 1.82) is 0 Å². The fraction of sp³-hybridized carbons (Fsp3) is 0.615. The van der Waals surface area contributed by atoms with Gasteiger partial charge in [0.15, 0.2) is 0 Å². The first-order chi connectivity index (χ1) is 8.81. The quantitative estimate of drug-likeness (QED) is 0.924. The fourth-order valence-corrected chi connectivity index (χ4v) is 4.86. The van der Waals surface area contributed by atoms with Gasteiger partial charge in [-0.25, -0.2) is 0 Å². The number of nitrogens with zero attached hydrogens (tertiary/aromatic N) is 1. The lowest BCUT2D eigenvalue weighted by Gasteiger charge is -2.33. The molecule has 1 saturated heterocycles. The zero-order valence-electron chi connectivity index (χ0n) is 10.5. The lowest BCUT2D eigenvalue weighted by molar-refractivity contribution is -0.130. The van der Waals surface area contributed by atoms with Crippen LogP contribution in [0.2, 0.25) is 0 Å². The third kappa shape index (κ3) is 2.08. The number of rotatable bonds is 3. The zero-order valence-corrected chi connectivity index (χ0v) is 12.1. The first-order valence-corrected chi connectivity index (χ1v) is 8.59. The van der Waals surface area contributed by atoms with Gasteiger partial charge in [-0.05, 0) is 30.5 Å². The number of hydrogen-bond acceptors (Lipinski definition) is 4. The van der Waals surface area contributed by atoms with Crippen LogP contribution in [-0.4, -0.2) is 34.9 Å². The molecule has 98 valence electrons. The van der Waals surface area contributed by atoms with Gasteiger partial charge in [-0.15, -0.1) is 11.3 Å². The van der Waals surface area contributed by atoms with Crippen molar-refractivity contribution >= 4 is 29.0 Å². The summed E-state index contributed by atoms with van der Waals surface area (Å²) in [4.78, 5) is 15.6. The molecule has 0 bridgehead atoms. The molecule has 0 aromatic carbocycles. The largest absolute Gasteiger partial charge is 0.317 e. The molecule has 5 heteroatoms. The Morgan fingerprint density at radius 3 is 3.11 bits per heavy atom. The molecule has 2 fully saturated rings. The van der Waals surface area contributed by atoms with Crippen LogP contribution in [0, 0.1) is 0 Å². The molecule has 2 heterocycles. The van der Waals surface area contributed by atoms with Crippen molar-refractivity contribution in [2.24, 2.45) is 0 Å². The highest BCUT2D eigenvalue weighted by atomic mass is 32.2. The molecule has 1 aliphatic carbocycles. The first-order valence-electron chi connectivity index (χ1n) is 6.42. The summed E-state index contributed by atoms with van der Waals surface area (Å²) in [5, 5.41) is 6.05. The van der Waals surface area contributed by atoms with Gasteiger partial charge in [0.2, 0.25) is 5.91 Å². The first kappa shape index (κ1) is 12.5. The van der Waals surface area contributed by atoms with Crippen LogP contribution in [0.1, 0.15) is 30.3 Å². The highest BCUT2D eigenvalue weighted by Crippen LogP contribution is 2.38. The second-order valence-electron chi connectivity index (χ2n) is 4.87. The van der Waals surface area contributed by atoms with Crippen molar-refractivity contribution in [3.8, 4) is 0 Å². The average Bonchev–Trinajstić information content (AvgIpc) is 3.07. The van der Waals surface area contributed by atoms with Crippen LogP contribution in [0.25, 0.3) is 0 Å². The van der Waals surface area contributed by atoms with Gasteiger partial charge in [0, 0.05) is 16.2 Å². The Kier molecular flexibility index (Phi) is 3.63. The van der Waals surface area contributed by atoms with Crippen LogP contribution < -0.4 is 5.32 Å². The van der Waals surface area contributed by atoms with Gasteiger partial charge >= 0.3 is 0 Å². The van der Waals surface area contributed by atoms with E-state index in [-0.39, 0.29) is 12.1 Å². The molecular formula is C13H18N2OS2. The summed E-state index contributed by atoms with van der Waals surface area (Å²) >= 11 is 3.64. The van der Waals surface area contributed by atoms with Gasteiger partial charge < -0.3 is 4.90 Å². The van der Waals surface area contributed by atoms with E-state index < -0.39 is 0 Å². The van der Waals surface area contributed by atoms with Crippen molar-refractivity contribution in [2.75, 3.05) is 12.8 Å². The predicted octanol–water partition coefficient (Wildman–Crippen LogP) is 2.46. The Morgan fingerprint density at radius 1 is 1.50 bits per heavy atom. The minimum atomic E-state index is 0.107. The van der Waals surface area contributed by atoms with Gasteiger partial charge in [-0.1, -0.05) is 12.5 Å². The maximum Gasteiger partial charge on any atom is 0.238 e. The molecule has 1 aliphatic heterocycles. The number of hydrogen-bond donors (Lipinski definition) is 1. The molecule has 1 aromatic rings. The summed E-state index contributed by atoms with van der Waals surface area (Å²) in [6.07, 6.45) is 5.91. The number of thioether (sulfide) groups is 1. The Morgan fingerprint density at radius 2 is 2.39 bits per heavy atom. The number of thiophene rings is 1. The van der Waals surface area contributed by atoms with E-state index in [2.05, 4.69) is 34.0 Å². The highest BCUT2D eigenvalue weighted by Gasteiger charge is 2.42. The molecule has 1 aromatic heterocycles. The predicted molar refractivity (Wildman–Crippen MR) is 76.9 cm³/mol. The SMILES string of the molecule is CSC1CCCC1N1C(=O)CNC1c1cccs1. The Bertz CT molecular complexity index is 421. The summed E-state index contributed by atoms with van der Waals surface area (Å²) in [5.41, 5.74) is 0. The van der Waals surface area contributed by atoms with Crippen LogP contribution in [0.3, 0.4) is 0 Å². The zero-order chi connectivity index (χ0) is 12.5. The smallest absolute Gasteiger partial charge is 0.238 e. The number of amides is 1. The average molecular weight is 282 g/mol. The van der Waals surface area contributed by atoms with Crippen molar-refractivity contribution in [3.05, 3.63) is 22.4 Å². The van der Waals surface area contributed by atoms with Gasteiger partial charge in [0.1, 0.15) is 6.17 Å². The summed E-state index contributed by atoms with van der Waals surface area (Å²) < 4.78 is 0. The van der Waals surface area contributed by atoms with E-state index in [1.54, 1.807) is 11.3 Å². The van der Waals surface area contributed by atoms with E-state index in [0.717, 1.165) is 6.42 Å². The second kappa shape index (κ2) is 5.23. The fourth-order valence-electron chi connectivity index (χ4n) is 3.08. The van der Waals surface area contributed by atoms with E-state index in [4.69, 9.17) is 0 Å².